The highest BCUT2D eigenvalue weighted by Gasteiger charge is 2.06. The van der Waals surface area contributed by atoms with E-state index in [9.17, 15) is 9.59 Å². The molecule has 0 saturated carbocycles. The van der Waals surface area contributed by atoms with Gasteiger partial charge >= 0.3 is 6.03 Å². The fraction of sp³-hybridized carbons (Fsp3) is 0.333. The topological polar surface area (TPSA) is 129 Å². The third-order valence-corrected chi connectivity index (χ3v) is 1.36. The van der Waals surface area contributed by atoms with E-state index in [1.807, 2.05) is 5.32 Å². The molecule has 1 heterocycles. The Labute approximate surface area is 79.2 Å². The fourth-order valence-electron chi connectivity index (χ4n) is 0.833. The van der Waals surface area contributed by atoms with Gasteiger partial charge in [0.05, 0.1) is 11.9 Å². The van der Waals surface area contributed by atoms with E-state index in [-0.39, 0.29) is 13.1 Å². The van der Waals surface area contributed by atoms with Gasteiger partial charge in [0.2, 0.25) is 5.91 Å². The van der Waals surface area contributed by atoms with Crippen LogP contribution in [0.2, 0.25) is 0 Å². The third kappa shape index (κ3) is 2.83. The minimum Gasteiger partial charge on any atom is -0.351 e. The molecule has 0 spiro atoms. The van der Waals surface area contributed by atoms with Crippen LogP contribution in [0.4, 0.5) is 4.79 Å². The van der Waals surface area contributed by atoms with Gasteiger partial charge in [0.25, 0.3) is 0 Å². The van der Waals surface area contributed by atoms with Crippen LogP contribution in [0.15, 0.2) is 6.20 Å². The first-order valence-corrected chi connectivity index (χ1v) is 3.80. The number of imide groups is 1. The Bertz CT molecular complexity index is 346. The Balaban J connectivity index is 2.51. The molecule has 0 bridgehead atoms. The molecule has 0 saturated heterocycles. The van der Waals surface area contributed by atoms with Crippen molar-refractivity contribution < 1.29 is 9.59 Å². The number of carbonyl (C=O) groups excluding carboxylic acids is 2. The molecule has 3 amide bonds. The molecular formula is C6H10N6O2. The van der Waals surface area contributed by atoms with Crippen LogP contribution in [0.5, 0.6) is 0 Å². The maximum absolute atomic E-state index is 11.0. The molecule has 0 radical (unpaired) electrons. The molecule has 0 fully saturated rings. The highest BCUT2D eigenvalue weighted by molar-refractivity contribution is 5.93. The number of hydrogen-bond acceptors (Lipinski definition) is 5. The molecule has 0 aliphatic rings. The lowest BCUT2D eigenvalue weighted by molar-refractivity contribution is -0.120. The molecule has 14 heavy (non-hydrogen) atoms. The van der Waals surface area contributed by atoms with Crippen LogP contribution in [-0.2, 0) is 17.9 Å². The van der Waals surface area contributed by atoms with Gasteiger partial charge in [-0.25, -0.2) is 9.48 Å². The zero-order valence-electron chi connectivity index (χ0n) is 7.30. The molecule has 1 aromatic heterocycles. The third-order valence-electron chi connectivity index (χ3n) is 1.36. The Morgan fingerprint density at radius 1 is 1.57 bits per heavy atom. The minimum atomic E-state index is -0.894. The predicted octanol–water partition coefficient (Wildman–Crippen LogP) is -2.07. The summed E-state index contributed by atoms with van der Waals surface area (Å²) in [6.07, 6.45) is 1.51. The van der Waals surface area contributed by atoms with E-state index in [4.69, 9.17) is 11.5 Å². The molecule has 0 aromatic carbocycles. The SMILES string of the molecule is NCc1cn(CC(=O)NC(N)=O)nn1. The van der Waals surface area contributed by atoms with Gasteiger partial charge in [-0.05, 0) is 0 Å². The van der Waals surface area contributed by atoms with Gasteiger partial charge < -0.3 is 11.5 Å². The van der Waals surface area contributed by atoms with Crippen molar-refractivity contribution in [3.05, 3.63) is 11.9 Å². The number of primary amides is 1. The highest BCUT2D eigenvalue weighted by atomic mass is 16.2. The predicted molar refractivity (Wildman–Crippen MR) is 45.6 cm³/mol. The number of nitrogens with zero attached hydrogens (tertiary/aromatic N) is 3. The van der Waals surface area contributed by atoms with Gasteiger partial charge in [0, 0.05) is 6.54 Å². The van der Waals surface area contributed by atoms with Crippen molar-refractivity contribution in [2.45, 2.75) is 13.1 Å². The molecule has 0 aliphatic heterocycles. The number of hydrogen-bond donors (Lipinski definition) is 3. The van der Waals surface area contributed by atoms with Crippen LogP contribution in [0.1, 0.15) is 5.69 Å². The summed E-state index contributed by atoms with van der Waals surface area (Å²) in [7, 11) is 0. The molecule has 0 unspecified atom stereocenters. The number of nitrogens with two attached hydrogens (primary N) is 2. The summed E-state index contributed by atoms with van der Waals surface area (Å²) in [5.41, 5.74) is 10.6. The van der Waals surface area contributed by atoms with E-state index in [0.717, 1.165) is 0 Å². The van der Waals surface area contributed by atoms with Gasteiger partial charge in [0.15, 0.2) is 0 Å². The normalized spacial score (nSPS) is 9.79. The Kier molecular flexibility index (Phi) is 3.13. The van der Waals surface area contributed by atoms with Crippen molar-refractivity contribution in [3.63, 3.8) is 0 Å². The molecular weight excluding hydrogens is 188 g/mol. The van der Waals surface area contributed by atoms with Crippen molar-refractivity contribution in [2.75, 3.05) is 0 Å². The second kappa shape index (κ2) is 4.33. The first-order chi connectivity index (χ1) is 6.61. The van der Waals surface area contributed by atoms with Crippen LogP contribution < -0.4 is 16.8 Å². The Morgan fingerprint density at radius 3 is 2.79 bits per heavy atom. The smallest absolute Gasteiger partial charge is 0.318 e. The summed E-state index contributed by atoms with van der Waals surface area (Å²) in [5, 5.41) is 9.17. The van der Waals surface area contributed by atoms with E-state index >= 15 is 0 Å². The van der Waals surface area contributed by atoms with Crippen LogP contribution in [0.3, 0.4) is 0 Å². The van der Waals surface area contributed by atoms with Crippen LogP contribution in [0.25, 0.3) is 0 Å². The zero-order chi connectivity index (χ0) is 10.6. The number of carbonyl (C=O) groups is 2. The summed E-state index contributed by atoms with van der Waals surface area (Å²) in [6, 6.07) is -0.894. The number of rotatable bonds is 3. The van der Waals surface area contributed by atoms with Crippen molar-refractivity contribution >= 4 is 11.9 Å². The maximum atomic E-state index is 11.0. The van der Waals surface area contributed by atoms with E-state index in [0.29, 0.717) is 5.69 Å². The molecule has 1 rings (SSSR count). The Morgan fingerprint density at radius 2 is 2.29 bits per heavy atom. The van der Waals surface area contributed by atoms with Crippen molar-refractivity contribution in [1.82, 2.24) is 20.3 Å². The summed E-state index contributed by atoms with van der Waals surface area (Å²) in [6.45, 7) is 0.132. The fourth-order valence-corrected chi connectivity index (χ4v) is 0.833. The van der Waals surface area contributed by atoms with Crippen LogP contribution >= 0.6 is 0 Å². The average Bonchev–Trinajstić information content (AvgIpc) is 2.50. The summed E-state index contributed by atoms with van der Waals surface area (Å²) < 4.78 is 1.26. The number of nitrogens with one attached hydrogen (secondary N) is 1. The van der Waals surface area contributed by atoms with Gasteiger partial charge in [0.1, 0.15) is 6.54 Å². The van der Waals surface area contributed by atoms with E-state index in [1.165, 1.54) is 10.9 Å². The average molecular weight is 198 g/mol. The monoisotopic (exact) mass is 198 g/mol. The number of amides is 3. The second-order valence-corrected chi connectivity index (χ2v) is 2.52. The number of urea groups is 1. The molecule has 0 aliphatic carbocycles. The van der Waals surface area contributed by atoms with E-state index < -0.39 is 11.9 Å². The minimum absolute atomic E-state index is 0.115. The summed E-state index contributed by atoms with van der Waals surface area (Å²) >= 11 is 0. The molecule has 1 aromatic rings. The molecule has 5 N–H and O–H groups in total. The lowest BCUT2D eigenvalue weighted by atomic mass is 10.5. The zero-order valence-corrected chi connectivity index (χ0v) is 7.30. The van der Waals surface area contributed by atoms with Gasteiger partial charge in [-0.2, -0.15) is 0 Å². The molecule has 8 nitrogen and oxygen atoms in total. The lowest BCUT2D eigenvalue weighted by Crippen LogP contribution is -2.37. The standard InChI is InChI=1S/C6H10N6O2/c7-1-4-2-12(11-10-4)3-5(13)9-6(8)14/h2H,1,3,7H2,(H3,8,9,13,14). The maximum Gasteiger partial charge on any atom is 0.318 e. The largest absolute Gasteiger partial charge is 0.351 e. The molecule has 8 heteroatoms. The second-order valence-electron chi connectivity index (χ2n) is 2.52. The number of aromatic nitrogens is 3. The molecule has 76 valence electrons. The van der Waals surface area contributed by atoms with Gasteiger partial charge in [-0.15, -0.1) is 5.10 Å². The highest BCUT2D eigenvalue weighted by Crippen LogP contribution is 1.90. The molecule has 0 atom stereocenters. The van der Waals surface area contributed by atoms with Crippen molar-refractivity contribution in [3.8, 4) is 0 Å². The first kappa shape index (κ1) is 10.1. The van der Waals surface area contributed by atoms with Gasteiger partial charge in [-0.3, -0.25) is 10.1 Å². The van der Waals surface area contributed by atoms with Crippen molar-refractivity contribution in [1.29, 1.82) is 0 Å². The Hall–Kier alpha value is -1.96. The summed E-state index contributed by atoms with van der Waals surface area (Å²) in [4.78, 5) is 21.3. The van der Waals surface area contributed by atoms with Crippen molar-refractivity contribution in [2.24, 2.45) is 11.5 Å². The van der Waals surface area contributed by atoms with Crippen LogP contribution in [-0.4, -0.2) is 26.9 Å². The van der Waals surface area contributed by atoms with E-state index in [1.54, 1.807) is 0 Å². The summed E-state index contributed by atoms with van der Waals surface area (Å²) in [5.74, 6) is -0.550. The van der Waals surface area contributed by atoms with E-state index in [2.05, 4.69) is 10.3 Å². The quantitative estimate of drug-likeness (QED) is 0.513. The van der Waals surface area contributed by atoms with Crippen LogP contribution in [0, 0.1) is 0 Å². The first-order valence-electron chi connectivity index (χ1n) is 3.80. The van der Waals surface area contributed by atoms with Gasteiger partial charge in [-0.1, -0.05) is 5.21 Å². The lowest BCUT2D eigenvalue weighted by Gasteiger charge is -1.98.